The number of nitrogens with zero attached hydrogens (tertiary/aromatic N) is 2. The van der Waals surface area contributed by atoms with Crippen molar-refractivity contribution in [2.24, 2.45) is 0 Å². The number of allylic oxidation sites excluding steroid dienone is 1. The molecule has 0 unspecified atom stereocenters. The molecule has 1 rings (SSSR count). The molecule has 0 saturated heterocycles. The predicted octanol–water partition coefficient (Wildman–Crippen LogP) is 2.84. The number of rotatable bonds is 2. The summed E-state index contributed by atoms with van der Waals surface area (Å²) in [6, 6.07) is 5.70. The second kappa shape index (κ2) is 7.08. The van der Waals surface area contributed by atoms with Gasteiger partial charge in [0.1, 0.15) is 0 Å². The van der Waals surface area contributed by atoms with Gasteiger partial charge in [0, 0.05) is 5.02 Å². The molecule has 0 aliphatic rings. The third kappa shape index (κ3) is 4.30. The van der Waals surface area contributed by atoms with Crippen LogP contribution in [0.1, 0.15) is 11.1 Å². The molecule has 0 radical (unpaired) electrons. The first kappa shape index (κ1) is 13.7. The summed E-state index contributed by atoms with van der Waals surface area (Å²) in [5.74, 6) is 0. The van der Waals surface area contributed by atoms with Crippen LogP contribution in [0, 0.1) is 6.92 Å². The molecule has 0 heterocycles. The number of hydrogen-bond acceptors (Lipinski definition) is 0. The molecule has 0 amide bonds. The summed E-state index contributed by atoms with van der Waals surface area (Å²) >= 11 is 5.90. The molecule has 0 spiro atoms. The summed E-state index contributed by atoms with van der Waals surface area (Å²) in [5.41, 5.74) is 10.1. The minimum absolute atomic E-state index is 0. The summed E-state index contributed by atoms with van der Waals surface area (Å²) in [5, 5.41) is 0.725. The van der Waals surface area contributed by atoms with Gasteiger partial charge in [0.15, 0.2) is 6.21 Å². The van der Waals surface area contributed by atoms with E-state index in [0.717, 1.165) is 16.1 Å². The molecule has 66 valence electrons. The Bertz CT molecular complexity index is 382. The van der Waals surface area contributed by atoms with E-state index in [1.54, 1.807) is 6.08 Å². The van der Waals surface area contributed by atoms with Gasteiger partial charge in [-0.2, -0.15) is 6.08 Å². The van der Waals surface area contributed by atoms with Crippen LogP contribution in [0.15, 0.2) is 24.3 Å². The van der Waals surface area contributed by atoms with Crippen LogP contribution in [0.5, 0.6) is 0 Å². The summed E-state index contributed by atoms with van der Waals surface area (Å²) < 4.78 is 0. The number of hydrogen-bond donors (Lipinski definition) is 0. The van der Waals surface area contributed by atoms with Crippen LogP contribution in [-0.2, 0) is 32.7 Å². The van der Waals surface area contributed by atoms with Crippen molar-refractivity contribution in [1.82, 2.24) is 0 Å². The van der Waals surface area contributed by atoms with Crippen molar-refractivity contribution in [1.29, 1.82) is 0 Å². The molecule has 0 aliphatic heterocycles. The van der Waals surface area contributed by atoms with Crippen LogP contribution in [-0.4, -0.2) is 11.0 Å². The molecule has 0 aliphatic carbocycles. The van der Waals surface area contributed by atoms with Crippen molar-refractivity contribution >= 4 is 23.9 Å². The molecule has 0 saturated carbocycles. The Hall–Kier alpha value is -0.266. The first-order chi connectivity index (χ1) is 6.24. The van der Waals surface area contributed by atoms with Crippen LogP contribution in [0.2, 0.25) is 5.02 Å². The van der Waals surface area contributed by atoms with Crippen molar-refractivity contribution in [3.63, 3.8) is 0 Å². The Balaban J connectivity index is 0.00000169. The molecule has 0 atom stereocenters. The third-order valence-corrected chi connectivity index (χ3v) is 2.01. The maximum absolute atomic E-state index is 8.08. The standard InChI is InChI=1S/C10H8ClN2.Y/c1-8-4-5-9(7-10(8)11)3-2-6-13-12;/h2-5,7H,1H3;/q-1;+3/b3-2+;. The van der Waals surface area contributed by atoms with Crippen molar-refractivity contribution in [3.8, 4) is 0 Å². The van der Waals surface area contributed by atoms with E-state index < -0.39 is 0 Å². The van der Waals surface area contributed by atoms with Gasteiger partial charge in [-0.05, 0) is 12.5 Å². The summed E-state index contributed by atoms with van der Waals surface area (Å²) in [7, 11) is 0. The molecule has 4 heteroatoms. The van der Waals surface area contributed by atoms with Crippen LogP contribution in [0.4, 0.5) is 0 Å². The first-order valence-electron chi connectivity index (χ1n) is 3.76. The Kier molecular flexibility index (Phi) is 6.95. The van der Waals surface area contributed by atoms with E-state index >= 15 is 0 Å². The van der Waals surface area contributed by atoms with E-state index in [1.165, 1.54) is 6.08 Å². The number of benzene rings is 1. The molecule has 2 nitrogen and oxygen atoms in total. The largest absolute Gasteiger partial charge is 3.00 e. The summed E-state index contributed by atoms with van der Waals surface area (Å²) in [6.45, 7) is 1.94. The van der Waals surface area contributed by atoms with Gasteiger partial charge in [0.2, 0.25) is 0 Å². The SMILES string of the molecule is Cc1ccc(/C=C/[C-]=[N+]=[N-])cc1Cl.[Y+3]. The van der Waals surface area contributed by atoms with Gasteiger partial charge >= 0.3 is 32.7 Å². The molecular formula is C10H8ClN2Y+2. The molecule has 0 bridgehead atoms. The van der Waals surface area contributed by atoms with Crippen LogP contribution < -0.4 is 0 Å². The van der Waals surface area contributed by atoms with Crippen LogP contribution in [0.3, 0.4) is 0 Å². The quantitative estimate of drug-likeness (QED) is 0.346. The minimum atomic E-state index is 0. The van der Waals surface area contributed by atoms with E-state index in [9.17, 15) is 0 Å². The van der Waals surface area contributed by atoms with Crippen molar-refractivity contribution < 1.29 is 37.5 Å². The van der Waals surface area contributed by atoms with E-state index in [0.29, 0.717) is 0 Å². The summed E-state index contributed by atoms with van der Waals surface area (Å²) in [6.07, 6.45) is 5.56. The molecular weight excluding hydrogens is 272 g/mol. The van der Waals surface area contributed by atoms with Crippen molar-refractivity contribution in [2.45, 2.75) is 6.92 Å². The molecule has 14 heavy (non-hydrogen) atoms. The first-order valence-corrected chi connectivity index (χ1v) is 4.14. The van der Waals surface area contributed by atoms with E-state index in [4.69, 9.17) is 17.1 Å². The maximum Gasteiger partial charge on any atom is 3.00 e. The average Bonchev–Trinajstić information content (AvgIpc) is 2.12. The Morgan fingerprint density at radius 3 is 2.79 bits per heavy atom. The van der Waals surface area contributed by atoms with Crippen molar-refractivity contribution in [3.05, 3.63) is 46.0 Å². The number of aryl methyl sites for hydroxylation is 1. The van der Waals surface area contributed by atoms with E-state index in [1.807, 2.05) is 25.1 Å². The van der Waals surface area contributed by atoms with E-state index in [-0.39, 0.29) is 32.7 Å². The monoisotopic (exact) mass is 280 g/mol. The van der Waals surface area contributed by atoms with Crippen LogP contribution in [0.25, 0.3) is 11.6 Å². The zero-order chi connectivity index (χ0) is 9.68. The fourth-order valence-electron chi connectivity index (χ4n) is 0.880. The average molecular weight is 281 g/mol. The minimum Gasteiger partial charge on any atom is -0.385 e. The van der Waals surface area contributed by atoms with E-state index in [2.05, 4.69) is 11.0 Å². The van der Waals surface area contributed by atoms with Gasteiger partial charge in [-0.3, -0.25) is 4.79 Å². The van der Waals surface area contributed by atoms with Crippen molar-refractivity contribution in [2.75, 3.05) is 0 Å². The molecule has 0 fully saturated rings. The normalized spacial score (nSPS) is 9.29. The zero-order valence-electron chi connectivity index (χ0n) is 7.74. The summed E-state index contributed by atoms with van der Waals surface area (Å²) in [4.78, 5) is 2.72. The maximum atomic E-state index is 8.08. The second-order valence-corrected chi connectivity index (χ2v) is 2.98. The fourth-order valence-corrected chi connectivity index (χ4v) is 1.07. The molecule has 1 aromatic carbocycles. The van der Waals surface area contributed by atoms with Gasteiger partial charge in [-0.15, -0.1) is 11.6 Å². The number of halogens is 1. The molecule has 0 aromatic heterocycles. The Morgan fingerprint density at radius 1 is 1.50 bits per heavy atom. The second-order valence-electron chi connectivity index (χ2n) is 2.57. The fraction of sp³-hybridized carbons (Fsp3) is 0.100. The van der Waals surface area contributed by atoms with Gasteiger partial charge < -0.3 is 5.53 Å². The van der Waals surface area contributed by atoms with Crippen LogP contribution >= 0.6 is 11.6 Å². The van der Waals surface area contributed by atoms with Gasteiger partial charge in [0.05, 0.1) is 0 Å². The van der Waals surface area contributed by atoms with Gasteiger partial charge in [0.25, 0.3) is 0 Å². The molecule has 1 aromatic rings. The van der Waals surface area contributed by atoms with Gasteiger partial charge in [-0.1, -0.05) is 29.8 Å². The topological polar surface area (TPSA) is 36.4 Å². The molecule has 0 N–H and O–H groups in total. The van der Waals surface area contributed by atoms with Gasteiger partial charge in [-0.25, -0.2) is 0 Å². The smallest absolute Gasteiger partial charge is 0.385 e. The third-order valence-electron chi connectivity index (χ3n) is 1.60. The predicted molar refractivity (Wildman–Crippen MR) is 53.8 cm³/mol. The Labute approximate surface area is 113 Å². The Morgan fingerprint density at radius 2 is 2.21 bits per heavy atom. The zero-order valence-corrected chi connectivity index (χ0v) is 11.3.